The second-order valence-electron chi connectivity index (χ2n) is 3.10. The average Bonchev–Trinajstić information content (AvgIpc) is 2.04. The van der Waals surface area contributed by atoms with Crippen LogP contribution in [0.2, 0.25) is 0 Å². The quantitative estimate of drug-likeness (QED) is 0.462. The van der Waals surface area contributed by atoms with E-state index in [1.165, 1.54) is 0 Å². The monoisotopic (exact) mass is 185 g/mol. The van der Waals surface area contributed by atoms with Crippen LogP contribution in [0.25, 0.3) is 0 Å². The summed E-state index contributed by atoms with van der Waals surface area (Å²) in [7, 11) is 0. The molecule has 1 N–H and O–H groups in total. The van der Waals surface area contributed by atoms with E-state index in [2.05, 4.69) is 13.5 Å². The summed E-state index contributed by atoms with van der Waals surface area (Å²) in [6, 6.07) is 0. The molecule has 0 aromatic carbocycles. The second-order valence-corrected chi connectivity index (χ2v) is 3.10. The van der Waals surface area contributed by atoms with Gasteiger partial charge in [-0.2, -0.15) is 0 Å². The summed E-state index contributed by atoms with van der Waals surface area (Å²) in [5.74, 6) is -0.743. The van der Waals surface area contributed by atoms with Crippen molar-refractivity contribution in [2.75, 3.05) is 19.6 Å². The minimum Gasteiger partial charge on any atom is -0.480 e. The molecule has 0 aliphatic rings. The van der Waals surface area contributed by atoms with Crippen molar-refractivity contribution >= 4 is 5.97 Å². The number of hydrogen-bond donors (Lipinski definition) is 1. The van der Waals surface area contributed by atoms with Crippen molar-refractivity contribution in [3.63, 3.8) is 0 Å². The fourth-order valence-corrected chi connectivity index (χ4v) is 1.24. The molecule has 0 atom stereocenters. The van der Waals surface area contributed by atoms with E-state index in [1.54, 1.807) is 0 Å². The first-order chi connectivity index (χ1) is 6.20. The molecular weight excluding hydrogens is 166 g/mol. The van der Waals surface area contributed by atoms with Crippen LogP contribution in [0.15, 0.2) is 12.7 Å². The van der Waals surface area contributed by atoms with Crippen molar-refractivity contribution in [1.82, 2.24) is 4.90 Å². The highest BCUT2D eigenvalue weighted by Gasteiger charge is 2.06. The largest absolute Gasteiger partial charge is 0.480 e. The normalized spacial score (nSPS) is 10.3. The first-order valence-electron chi connectivity index (χ1n) is 4.75. The van der Waals surface area contributed by atoms with E-state index in [-0.39, 0.29) is 6.54 Å². The van der Waals surface area contributed by atoms with Gasteiger partial charge in [-0.25, -0.2) is 0 Å². The average molecular weight is 185 g/mol. The van der Waals surface area contributed by atoms with Gasteiger partial charge in [0.15, 0.2) is 0 Å². The Kier molecular flexibility index (Phi) is 7.30. The van der Waals surface area contributed by atoms with Gasteiger partial charge in [-0.15, -0.1) is 6.58 Å². The fourth-order valence-electron chi connectivity index (χ4n) is 1.24. The lowest BCUT2D eigenvalue weighted by molar-refractivity contribution is -0.138. The Morgan fingerprint density at radius 3 is 2.69 bits per heavy atom. The molecule has 0 unspecified atom stereocenters. The molecule has 0 aromatic heterocycles. The van der Waals surface area contributed by atoms with Gasteiger partial charge in [0, 0.05) is 0 Å². The molecule has 0 spiro atoms. The van der Waals surface area contributed by atoms with Crippen LogP contribution in [0.1, 0.15) is 26.2 Å². The summed E-state index contributed by atoms with van der Waals surface area (Å²) < 4.78 is 0. The number of carboxylic acid groups (broad SMARTS) is 1. The molecular formula is C10H19NO2. The summed E-state index contributed by atoms with van der Waals surface area (Å²) in [5.41, 5.74) is 0. The highest BCUT2D eigenvalue weighted by molar-refractivity contribution is 5.69. The van der Waals surface area contributed by atoms with Gasteiger partial charge in [0.1, 0.15) is 0 Å². The smallest absolute Gasteiger partial charge is 0.317 e. The van der Waals surface area contributed by atoms with E-state index in [0.717, 1.165) is 32.4 Å². The SMILES string of the molecule is C=CCCCN(CCC)CC(=O)O. The van der Waals surface area contributed by atoms with Crippen LogP contribution in [0.4, 0.5) is 0 Å². The maximum Gasteiger partial charge on any atom is 0.317 e. The Balaban J connectivity index is 3.65. The van der Waals surface area contributed by atoms with Crippen LogP contribution in [0.5, 0.6) is 0 Å². The molecule has 0 amide bonds. The number of nitrogens with zero attached hydrogens (tertiary/aromatic N) is 1. The molecule has 76 valence electrons. The first kappa shape index (κ1) is 12.2. The molecule has 0 rings (SSSR count). The van der Waals surface area contributed by atoms with Crippen LogP contribution in [-0.2, 0) is 4.79 Å². The van der Waals surface area contributed by atoms with E-state index in [9.17, 15) is 4.79 Å². The topological polar surface area (TPSA) is 40.5 Å². The van der Waals surface area contributed by atoms with Crippen molar-refractivity contribution in [2.24, 2.45) is 0 Å². The Bertz CT molecular complexity index is 157. The molecule has 0 aromatic rings. The maximum atomic E-state index is 10.5. The molecule has 3 heteroatoms. The summed E-state index contributed by atoms with van der Waals surface area (Å²) >= 11 is 0. The molecule has 0 aliphatic carbocycles. The summed E-state index contributed by atoms with van der Waals surface area (Å²) in [6.45, 7) is 7.56. The number of rotatable bonds is 8. The van der Waals surface area contributed by atoms with Gasteiger partial charge in [-0.1, -0.05) is 13.0 Å². The van der Waals surface area contributed by atoms with Gasteiger partial charge in [-0.05, 0) is 32.4 Å². The summed E-state index contributed by atoms with van der Waals surface area (Å²) in [5, 5.41) is 8.61. The number of hydrogen-bond acceptors (Lipinski definition) is 2. The lowest BCUT2D eigenvalue weighted by Crippen LogP contribution is -2.31. The van der Waals surface area contributed by atoms with Gasteiger partial charge in [0.2, 0.25) is 0 Å². The number of unbranched alkanes of at least 4 members (excludes halogenated alkanes) is 1. The highest BCUT2D eigenvalue weighted by atomic mass is 16.4. The highest BCUT2D eigenvalue weighted by Crippen LogP contribution is 1.97. The summed E-state index contributed by atoms with van der Waals surface area (Å²) in [4.78, 5) is 12.4. The molecule has 0 saturated heterocycles. The van der Waals surface area contributed by atoms with Crippen molar-refractivity contribution in [3.05, 3.63) is 12.7 Å². The predicted molar refractivity (Wildman–Crippen MR) is 53.8 cm³/mol. The molecule has 0 bridgehead atoms. The van der Waals surface area contributed by atoms with Crippen molar-refractivity contribution in [3.8, 4) is 0 Å². The molecule has 0 saturated carbocycles. The van der Waals surface area contributed by atoms with Gasteiger partial charge in [0.05, 0.1) is 6.54 Å². The maximum absolute atomic E-state index is 10.5. The fraction of sp³-hybridized carbons (Fsp3) is 0.700. The zero-order valence-electron chi connectivity index (χ0n) is 8.33. The van der Waals surface area contributed by atoms with Gasteiger partial charge in [0.25, 0.3) is 0 Å². The lowest BCUT2D eigenvalue weighted by atomic mass is 10.3. The molecule has 0 aliphatic heterocycles. The number of carboxylic acids is 1. The molecule has 3 nitrogen and oxygen atoms in total. The number of carbonyl (C=O) groups is 1. The van der Waals surface area contributed by atoms with Gasteiger partial charge >= 0.3 is 5.97 Å². The minimum atomic E-state index is -0.743. The van der Waals surface area contributed by atoms with E-state index >= 15 is 0 Å². The summed E-state index contributed by atoms with van der Waals surface area (Å²) in [6.07, 6.45) is 4.82. The van der Waals surface area contributed by atoms with Crippen LogP contribution >= 0.6 is 0 Å². The van der Waals surface area contributed by atoms with Gasteiger partial charge < -0.3 is 5.11 Å². The van der Waals surface area contributed by atoms with E-state index in [4.69, 9.17) is 5.11 Å². The second kappa shape index (κ2) is 7.80. The Labute approximate surface area is 80.0 Å². The third-order valence-electron chi connectivity index (χ3n) is 1.78. The number of allylic oxidation sites excluding steroid dienone is 1. The standard InChI is InChI=1S/C10H19NO2/c1-3-5-6-8-11(7-4-2)9-10(12)13/h3H,1,4-9H2,2H3,(H,12,13). The Morgan fingerprint density at radius 1 is 1.54 bits per heavy atom. The van der Waals surface area contributed by atoms with Gasteiger partial charge in [-0.3, -0.25) is 9.69 Å². The molecule has 0 heterocycles. The Hall–Kier alpha value is -0.830. The van der Waals surface area contributed by atoms with E-state index in [1.807, 2.05) is 11.0 Å². The van der Waals surface area contributed by atoms with Crippen molar-refractivity contribution in [1.29, 1.82) is 0 Å². The minimum absolute atomic E-state index is 0.158. The molecule has 0 radical (unpaired) electrons. The van der Waals surface area contributed by atoms with Crippen LogP contribution in [0.3, 0.4) is 0 Å². The van der Waals surface area contributed by atoms with Crippen LogP contribution < -0.4 is 0 Å². The lowest BCUT2D eigenvalue weighted by Gasteiger charge is -2.18. The third kappa shape index (κ3) is 7.53. The van der Waals surface area contributed by atoms with E-state index in [0.29, 0.717) is 0 Å². The van der Waals surface area contributed by atoms with E-state index < -0.39 is 5.97 Å². The predicted octanol–water partition coefficient (Wildman–Crippen LogP) is 1.75. The zero-order valence-corrected chi connectivity index (χ0v) is 8.33. The molecule has 13 heavy (non-hydrogen) atoms. The van der Waals surface area contributed by atoms with Crippen molar-refractivity contribution in [2.45, 2.75) is 26.2 Å². The first-order valence-corrected chi connectivity index (χ1v) is 4.75. The Morgan fingerprint density at radius 2 is 2.23 bits per heavy atom. The molecule has 0 fully saturated rings. The van der Waals surface area contributed by atoms with Crippen LogP contribution in [0, 0.1) is 0 Å². The van der Waals surface area contributed by atoms with Crippen molar-refractivity contribution < 1.29 is 9.90 Å². The third-order valence-corrected chi connectivity index (χ3v) is 1.78. The zero-order chi connectivity index (χ0) is 10.1. The number of aliphatic carboxylic acids is 1. The van der Waals surface area contributed by atoms with Crippen LogP contribution in [-0.4, -0.2) is 35.6 Å².